The second kappa shape index (κ2) is 7.10. The normalized spacial score (nSPS) is 12.0. The van der Waals surface area contributed by atoms with Gasteiger partial charge in [-0.2, -0.15) is 4.39 Å². The molecule has 21 heavy (non-hydrogen) atoms. The van der Waals surface area contributed by atoms with Crippen molar-refractivity contribution >= 4 is 11.6 Å². The quantitative estimate of drug-likeness (QED) is 0.597. The molecule has 0 aliphatic heterocycles. The summed E-state index contributed by atoms with van der Waals surface area (Å²) in [4.78, 5) is 23.3. The van der Waals surface area contributed by atoms with Crippen LogP contribution in [0.5, 0.6) is 0 Å². The van der Waals surface area contributed by atoms with E-state index in [9.17, 15) is 23.7 Å². The first-order valence-corrected chi connectivity index (χ1v) is 6.75. The number of benzene rings is 1. The lowest BCUT2D eigenvalue weighted by atomic mass is 10.1. The van der Waals surface area contributed by atoms with Gasteiger partial charge < -0.3 is 4.90 Å². The molecule has 1 aromatic carbocycles. The number of amides is 1. The molecule has 1 aromatic rings. The van der Waals surface area contributed by atoms with Crippen LogP contribution in [0.1, 0.15) is 37.6 Å². The maximum atomic E-state index is 14.0. The molecule has 0 spiro atoms. The Kier molecular flexibility index (Phi) is 5.75. The summed E-state index contributed by atoms with van der Waals surface area (Å²) >= 11 is 0. The molecule has 7 heteroatoms. The van der Waals surface area contributed by atoms with Gasteiger partial charge in [0.25, 0.3) is 5.91 Å². The zero-order valence-electron chi connectivity index (χ0n) is 12.2. The molecule has 5 nitrogen and oxygen atoms in total. The number of carbonyl (C=O) groups is 1. The Bertz CT molecular complexity index is 549. The van der Waals surface area contributed by atoms with Gasteiger partial charge in [0.2, 0.25) is 5.82 Å². The highest BCUT2D eigenvalue weighted by molar-refractivity contribution is 5.95. The number of halogens is 2. The molecular weight excluding hydrogens is 282 g/mol. The van der Waals surface area contributed by atoms with Gasteiger partial charge in [-0.25, -0.2) is 4.39 Å². The minimum absolute atomic E-state index is 0.165. The first-order valence-electron chi connectivity index (χ1n) is 6.75. The van der Waals surface area contributed by atoms with Crippen LogP contribution in [0.25, 0.3) is 0 Å². The van der Waals surface area contributed by atoms with Gasteiger partial charge in [0, 0.05) is 19.2 Å². The molecule has 116 valence electrons. The molecular formula is C14H18F2N2O3. The van der Waals surface area contributed by atoms with Crippen LogP contribution in [0.15, 0.2) is 12.1 Å². The topological polar surface area (TPSA) is 63.5 Å². The molecule has 0 fully saturated rings. The summed E-state index contributed by atoms with van der Waals surface area (Å²) in [7, 11) is 0. The van der Waals surface area contributed by atoms with Crippen molar-refractivity contribution in [2.45, 2.75) is 27.2 Å². The number of nitro benzene ring substituents is 1. The van der Waals surface area contributed by atoms with Gasteiger partial charge in [-0.15, -0.1) is 0 Å². The third-order valence-electron chi connectivity index (χ3n) is 3.38. The minimum atomic E-state index is -1.42. The number of hydrogen-bond donors (Lipinski definition) is 0. The van der Waals surface area contributed by atoms with Crippen LogP contribution < -0.4 is 0 Å². The molecule has 1 amide bonds. The van der Waals surface area contributed by atoms with E-state index in [2.05, 4.69) is 0 Å². The SMILES string of the molecule is CCC(C)CN(CC)C(=O)c1c(F)ccc([N+](=O)[O-])c1F. The van der Waals surface area contributed by atoms with E-state index in [0.717, 1.165) is 12.5 Å². The highest BCUT2D eigenvalue weighted by Gasteiger charge is 2.29. The summed E-state index contributed by atoms with van der Waals surface area (Å²) in [6.07, 6.45) is 0.809. The second-order valence-electron chi connectivity index (χ2n) is 4.87. The zero-order chi connectivity index (χ0) is 16.2. The Hall–Kier alpha value is -2.05. The first-order chi connectivity index (χ1) is 9.83. The maximum Gasteiger partial charge on any atom is 0.305 e. The van der Waals surface area contributed by atoms with E-state index in [1.807, 2.05) is 13.8 Å². The average Bonchev–Trinajstić information content (AvgIpc) is 2.43. The van der Waals surface area contributed by atoms with E-state index in [1.54, 1.807) is 6.92 Å². The van der Waals surface area contributed by atoms with Crippen LogP contribution in [0.4, 0.5) is 14.5 Å². The Morgan fingerprint density at radius 3 is 2.48 bits per heavy atom. The zero-order valence-corrected chi connectivity index (χ0v) is 12.2. The van der Waals surface area contributed by atoms with Crippen LogP contribution in [0.3, 0.4) is 0 Å². The molecule has 1 atom stereocenters. The van der Waals surface area contributed by atoms with Crippen LogP contribution in [-0.2, 0) is 0 Å². The molecule has 0 saturated carbocycles. The lowest BCUT2D eigenvalue weighted by Crippen LogP contribution is -2.35. The lowest BCUT2D eigenvalue weighted by Gasteiger charge is -2.24. The summed E-state index contributed by atoms with van der Waals surface area (Å²) in [5, 5.41) is 10.7. The predicted molar refractivity (Wildman–Crippen MR) is 74.0 cm³/mol. The van der Waals surface area contributed by atoms with Gasteiger partial charge in [-0.3, -0.25) is 14.9 Å². The van der Waals surface area contributed by atoms with E-state index in [0.29, 0.717) is 12.6 Å². The molecule has 0 aliphatic carbocycles. The second-order valence-corrected chi connectivity index (χ2v) is 4.87. The molecule has 0 heterocycles. The third kappa shape index (κ3) is 3.74. The van der Waals surface area contributed by atoms with Crippen molar-refractivity contribution in [2.75, 3.05) is 13.1 Å². The fourth-order valence-electron chi connectivity index (χ4n) is 1.90. The van der Waals surface area contributed by atoms with E-state index in [-0.39, 0.29) is 12.5 Å². The van der Waals surface area contributed by atoms with Crippen molar-refractivity contribution in [3.05, 3.63) is 39.4 Å². The Labute approximate surface area is 121 Å². The van der Waals surface area contributed by atoms with Crippen molar-refractivity contribution in [2.24, 2.45) is 5.92 Å². The predicted octanol–water partition coefficient (Wildman–Crippen LogP) is 3.38. The third-order valence-corrected chi connectivity index (χ3v) is 3.38. The summed E-state index contributed by atoms with van der Waals surface area (Å²) in [5.74, 6) is -3.21. The van der Waals surface area contributed by atoms with Crippen LogP contribution >= 0.6 is 0 Å². The standard InChI is InChI=1S/C14H18F2N2O3/c1-4-9(3)8-17(5-2)14(19)12-10(15)6-7-11(13(12)16)18(20)21/h6-7,9H,4-5,8H2,1-3H3. The largest absolute Gasteiger partial charge is 0.338 e. The number of rotatable bonds is 6. The summed E-state index contributed by atoms with van der Waals surface area (Å²) in [5.41, 5.74) is -1.77. The van der Waals surface area contributed by atoms with Gasteiger partial charge in [-0.05, 0) is 18.9 Å². The number of hydrogen-bond acceptors (Lipinski definition) is 3. The lowest BCUT2D eigenvalue weighted by molar-refractivity contribution is -0.387. The molecule has 0 aliphatic rings. The van der Waals surface area contributed by atoms with Gasteiger partial charge in [0.1, 0.15) is 11.4 Å². The molecule has 0 aromatic heterocycles. The summed E-state index contributed by atoms with van der Waals surface area (Å²) < 4.78 is 27.8. The van der Waals surface area contributed by atoms with Gasteiger partial charge >= 0.3 is 5.69 Å². The van der Waals surface area contributed by atoms with Crippen molar-refractivity contribution in [3.8, 4) is 0 Å². The molecule has 0 radical (unpaired) electrons. The Balaban J connectivity index is 3.22. The highest BCUT2D eigenvalue weighted by atomic mass is 19.1. The fourth-order valence-corrected chi connectivity index (χ4v) is 1.90. The monoisotopic (exact) mass is 300 g/mol. The first kappa shape index (κ1) is 17.0. The van der Waals surface area contributed by atoms with Crippen LogP contribution in [-0.4, -0.2) is 28.8 Å². The molecule has 1 unspecified atom stereocenters. The van der Waals surface area contributed by atoms with E-state index < -0.39 is 33.7 Å². The smallest absolute Gasteiger partial charge is 0.305 e. The van der Waals surface area contributed by atoms with Gasteiger partial charge in [-0.1, -0.05) is 20.3 Å². The van der Waals surface area contributed by atoms with Gasteiger partial charge in [0.15, 0.2) is 0 Å². The van der Waals surface area contributed by atoms with Crippen molar-refractivity contribution in [1.29, 1.82) is 0 Å². The summed E-state index contributed by atoms with van der Waals surface area (Å²) in [6, 6.07) is 1.46. The van der Waals surface area contributed by atoms with Crippen molar-refractivity contribution < 1.29 is 18.5 Å². The molecule has 0 bridgehead atoms. The number of nitrogens with zero attached hydrogens (tertiary/aromatic N) is 2. The van der Waals surface area contributed by atoms with E-state index in [4.69, 9.17) is 0 Å². The Morgan fingerprint density at radius 1 is 1.38 bits per heavy atom. The van der Waals surface area contributed by atoms with E-state index in [1.165, 1.54) is 4.90 Å². The maximum absolute atomic E-state index is 14.0. The van der Waals surface area contributed by atoms with Crippen LogP contribution in [0.2, 0.25) is 0 Å². The van der Waals surface area contributed by atoms with Gasteiger partial charge in [0.05, 0.1) is 4.92 Å². The number of carbonyl (C=O) groups excluding carboxylic acids is 1. The van der Waals surface area contributed by atoms with Crippen molar-refractivity contribution in [1.82, 2.24) is 4.90 Å². The fraction of sp³-hybridized carbons (Fsp3) is 0.500. The summed E-state index contributed by atoms with van der Waals surface area (Å²) in [6.45, 7) is 6.15. The molecule has 1 rings (SSSR count). The molecule has 0 saturated heterocycles. The van der Waals surface area contributed by atoms with E-state index >= 15 is 0 Å². The van der Waals surface area contributed by atoms with Crippen molar-refractivity contribution in [3.63, 3.8) is 0 Å². The average molecular weight is 300 g/mol. The Morgan fingerprint density at radius 2 is 2.00 bits per heavy atom. The van der Waals surface area contributed by atoms with Crippen LogP contribution in [0, 0.1) is 27.7 Å². The molecule has 0 N–H and O–H groups in total. The number of nitro groups is 1. The highest BCUT2D eigenvalue weighted by Crippen LogP contribution is 2.24. The minimum Gasteiger partial charge on any atom is -0.338 e.